The van der Waals surface area contributed by atoms with Gasteiger partial charge < -0.3 is 0 Å². The lowest BCUT2D eigenvalue weighted by Gasteiger charge is -2.12. The predicted molar refractivity (Wildman–Crippen MR) is 64.0 cm³/mol. The van der Waals surface area contributed by atoms with Crippen LogP contribution in [0.15, 0.2) is 24.4 Å². The summed E-state index contributed by atoms with van der Waals surface area (Å²) in [4.78, 5) is 0. The van der Waals surface area contributed by atoms with Crippen LogP contribution in [0.1, 0.15) is 11.3 Å². The molecule has 0 aliphatic heterocycles. The van der Waals surface area contributed by atoms with Gasteiger partial charge in [-0.2, -0.15) is 13.2 Å². The monoisotopic (exact) mass is 339 g/mol. The largest absolute Gasteiger partial charge is 0.418 e. The molecule has 96 valence electrons. The average molecular weight is 341 g/mol. The summed E-state index contributed by atoms with van der Waals surface area (Å²) >= 11 is 8.74. The molecule has 0 saturated carbocycles. The first-order chi connectivity index (χ1) is 8.41. The van der Waals surface area contributed by atoms with Gasteiger partial charge in [0.2, 0.25) is 0 Å². The van der Waals surface area contributed by atoms with Gasteiger partial charge in [0.05, 0.1) is 23.1 Å². The second-order valence-corrected chi connectivity index (χ2v) is 4.44. The molecule has 0 spiro atoms. The van der Waals surface area contributed by atoms with Crippen LogP contribution in [0.25, 0.3) is 5.69 Å². The molecule has 0 aliphatic rings. The van der Waals surface area contributed by atoms with Gasteiger partial charge in [-0.25, -0.2) is 4.68 Å². The van der Waals surface area contributed by atoms with E-state index in [4.69, 9.17) is 11.6 Å². The van der Waals surface area contributed by atoms with Gasteiger partial charge in [0.25, 0.3) is 0 Å². The molecule has 1 aromatic heterocycles. The van der Waals surface area contributed by atoms with Crippen molar-refractivity contribution in [3.05, 3.63) is 40.7 Å². The topological polar surface area (TPSA) is 30.7 Å². The highest BCUT2D eigenvalue weighted by Crippen LogP contribution is 2.35. The normalized spacial score (nSPS) is 11.8. The van der Waals surface area contributed by atoms with E-state index in [2.05, 4.69) is 26.2 Å². The molecule has 8 heteroatoms. The van der Waals surface area contributed by atoms with E-state index in [1.807, 2.05) is 0 Å². The maximum Gasteiger partial charge on any atom is 0.418 e. The lowest BCUT2D eigenvalue weighted by Crippen LogP contribution is -2.11. The first kappa shape index (κ1) is 13.4. The second-order valence-electron chi connectivity index (χ2n) is 3.45. The minimum absolute atomic E-state index is 0.0203. The number of rotatable bonds is 2. The SMILES string of the molecule is FC(F)(F)c1cc(Cl)ccc1-n1cc(CBr)nn1. The molecule has 1 heterocycles. The Kier molecular flexibility index (Phi) is 3.63. The van der Waals surface area contributed by atoms with Crippen molar-refractivity contribution < 1.29 is 13.2 Å². The molecule has 3 nitrogen and oxygen atoms in total. The van der Waals surface area contributed by atoms with Gasteiger partial charge in [0, 0.05) is 10.4 Å². The van der Waals surface area contributed by atoms with Crippen LogP contribution in [0.3, 0.4) is 0 Å². The predicted octanol–water partition coefficient (Wildman–Crippen LogP) is 3.83. The van der Waals surface area contributed by atoms with Crippen molar-refractivity contribution in [2.24, 2.45) is 0 Å². The summed E-state index contributed by atoms with van der Waals surface area (Å²) < 4.78 is 39.7. The maximum absolute atomic E-state index is 12.9. The number of hydrogen-bond acceptors (Lipinski definition) is 2. The third-order valence-electron chi connectivity index (χ3n) is 2.19. The fraction of sp³-hybridized carbons (Fsp3) is 0.200. The molecule has 0 fully saturated rings. The Morgan fingerprint density at radius 1 is 1.33 bits per heavy atom. The average Bonchev–Trinajstić information content (AvgIpc) is 2.76. The summed E-state index contributed by atoms with van der Waals surface area (Å²) in [6.45, 7) is 0. The Morgan fingerprint density at radius 3 is 2.61 bits per heavy atom. The standard InChI is InChI=1S/C10H6BrClF3N3/c11-4-7-5-18(17-16-7)9-2-1-6(12)3-8(9)10(13,14)15/h1-3,5H,4H2. The lowest BCUT2D eigenvalue weighted by molar-refractivity contribution is -0.137. The van der Waals surface area contributed by atoms with Crippen molar-refractivity contribution in [3.8, 4) is 5.69 Å². The van der Waals surface area contributed by atoms with E-state index in [9.17, 15) is 13.2 Å². The second kappa shape index (κ2) is 4.89. The van der Waals surface area contributed by atoms with Crippen molar-refractivity contribution >= 4 is 27.5 Å². The van der Waals surface area contributed by atoms with Gasteiger partial charge in [-0.1, -0.05) is 32.7 Å². The lowest BCUT2D eigenvalue weighted by atomic mass is 10.1. The van der Waals surface area contributed by atoms with Crippen molar-refractivity contribution in [3.63, 3.8) is 0 Å². The summed E-state index contributed by atoms with van der Waals surface area (Å²) in [5.74, 6) is 0. The molecule has 0 unspecified atom stereocenters. The number of halogens is 5. The summed E-state index contributed by atoms with van der Waals surface area (Å²) in [5, 5.41) is 7.82. The van der Waals surface area contributed by atoms with Crippen LogP contribution in [-0.2, 0) is 11.5 Å². The first-order valence-corrected chi connectivity index (χ1v) is 6.26. The Bertz CT molecular complexity index is 568. The van der Waals surface area contributed by atoms with E-state index >= 15 is 0 Å². The number of benzene rings is 1. The van der Waals surface area contributed by atoms with Crippen LogP contribution in [0.2, 0.25) is 5.02 Å². The first-order valence-electron chi connectivity index (χ1n) is 4.76. The van der Waals surface area contributed by atoms with E-state index in [0.29, 0.717) is 11.0 Å². The molecular weight excluding hydrogens is 334 g/mol. The number of aromatic nitrogens is 3. The van der Waals surface area contributed by atoms with Crippen molar-refractivity contribution in [1.82, 2.24) is 15.0 Å². The Balaban J connectivity index is 2.56. The van der Waals surface area contributed by atoms with E-state index in [0.717, 1.165) is 10.7 Å². The van der Waals surface area contributed by atoms with Gasteiger partial charge >= 0.3 is 6.18 Å². The minimum atomic E-state index is -4.50. The number of nitrogens with zero attached hydrogens (tertiary/aromatic N) is 3. The maximum atomic E-state index is 12.9. The molecule has 0 atom stereocenters. The summed E-state index contributed by atoms with van der Waals surface area (Å²) in [6.07, 6.45) is -3.08. The molecule has 0 aliphatic carbocycles. The van der Waals surface area contributed by atoms with Crippen molar-refractivity contribution in [2.45, 2.75) is 11.5 Å². The molecule has 0 amide bonds. The molecular formula is C10H6BrClF3N3. The highest BCUT2D eigenvalue weighted by Gasteiger charge is 2.34. The fourth-order valence-corrected chi connectivity index (χ4v) is 1.84. The molecule has 2 rings (SSSR count). The third kappa shape index (κ3) is 2.67. The van der Waals surface area contributed by atoms with Crippen LogP contribution in [0.5, 0.6) is 0 Å². The zero-order valence-corrected chi connectivity index (χ0v) is 11.1. The van der Waals surface area contributed by atoms with Crippen molar-refractivity contribution in [2.75, 3.05) is 0 Å². The third-order valence-corrected chi connectivity index (χ3v) is 3.00. The highest BCUT2D eigenvalue weighted by molar-refractivity contribution is 9.08. The number of hydrogen-bond donors (Lipinski definition) is 0. The quantitative estimate of drug-likeness (QED) is 0.778. The van der Waals surface area contributed by atoms with Gasteiger partial charge in [-0.15, -0.1) is 5.10 Å². The van der Waals surface area contributed by atoms with E-state index in [1.165, 1.54) is 18.3 Å². The highest BCUT2D eigenvalue weighted by atomic mass is 79.9. The van der Waals surface area contributed by atoms with Crippen LogP contribution in [0.4, 0.5) is 13.2 Å². The van der Waals surface area contributed by atoms with Gasteiger partial charge in [0.15, 0.2) is 0 Å². The summed E-state index contributed by atoms with van der Waals surface area (Å²) in [7, 11) is 0. The van der Waals surface area contributed by atoms with Crippen LogP contribution in [-0.4, -0.2) is 15.0 Å². The van der Waals surface area contributed by atoms with E-state index < -0.39 is 11.7 Å². The molecule has 0 N–H and O–H groups in total. The van der Waals surface area contributed by atoms with Gasteiger partial charge in [0.1, 0.15) is 0 Å². The Labute approximate surface area is 114 Å². The molecule has 2 aromatic rings. The molecule has 0 saturated heterocycles. The van der Waals surface area contributed by atoms with Gasteiger partial charge in [-0.3, -0.25) is 0 Å². The summed E-state index contributed by atoms with van der Waals surface area (Å²) in [6, 6.07) is 3.51. The number of alkyl halides is 4. The molecule has 0 bridgehead atoms. The zero-order valence-electron chi connectivity index (χ0n) is 8.75. The van der Waals surface area contributed by atoms with Crippen LogP contribution in [0, 0.1) is 0 Å². The van der Waals surface area contributed by atoms with Crippen LogP contribution >= 0.6 is 27.5 Å². The van der Waals surface area contributed by atoms with Crippen molar-refractivity contribution in [1.29, 1.82) is 0 Å². The zero-order chi connectivity index (χ0) is 13.3. The minimum Gasteiger partial charge on any atom is -0.220 e. The Morgan fingerprint density at radius 2 is 2.06 bits per heavy atom. The Hall–Kier alpha value is -1.08. The van der Waals surface area contributed by atoms with E-state index in [-0.39, 0.29) is 10.7 Å². The summed E-state index contributed by atoms with van der Waals surface area (Å²) in [5.41, 5.74) is -0.411. The molecule has 0 radical (unpaired) electrons. The van der Waals surface area contributed by atoms with E-state index in [1.54, 1.807) is 0 Å². The van der Waals surface area contributed by atoms with Gasteiger partial charge in [-0.05, 0) is 18.2 Å². The molecule has 18 heavy (non-hydrogen) atoms. The fourth-order valence-electron chi connectivity index (χ4n) is 1.41. The molecule has 1 aromatic carbocycles. The smallest absolute Gasteiger partial charge is 0.220 e. The van der Waals surface area contributed by atoms with Crippen LogP contribution < -0.4 is 0 Å².